The molecule has 1 aliphatic heterocycles. The Balaban J connectivity index is 2.41. The molecule has 1 aromatic carbocycles. The van der Waals surface area contributed by atoms with Crippen LogP contribution in [0.4, 0.5) is 5.69 Å². The van der Waals surface area contributed by atoms with Crippen molar-refractivity contribution >= 4 is 39.3 Å². The average molecular weight is 272 g/mol. The number of rotatable bonds is 0. The standard InChI is InChI=1S/C10H10BrNOS/c1-6-4-10(13)12-8-3-2-7(11)5-9(8)14-6/h2-3,5-6H,4H2,1H3,(H,12,13). The van der Waals surface area contributed by atoms with E-state index in [9.17, 15) is 4.79 Å². The van der Waals surface area contributed by atoms with Gasteiger partial charge in [-0.15, -0.1) is 11.8 Å². The number of carbonyl (C=O) groups excluding carboxylic acids is 1. The topological polar surface area (TPSA) is 29.1 Å². The van der Waals surface area contributed by atoms with Crippen LogP contribution in [0, 0.1) is 0 Å². The molecule has 1 atom stereocenters. The zero-order chi connectivity index (χ0) is 10.1. The Bertz CT molecular complexity index is 380. The predicted molar refractivity (Wildman–Crippen MR) is 62.7 cm³/mol. The second-order valence-corrected chi connectivity index (χ2v) is 5.72. The summed E-state index contributed by atoms with van der Waals surface area (Å²) in [5.74, 6) is 0.103. The molecule has 0 bridgehead atoms. The predicted octanol–water partition coefficient (Wildman–Crippen LogP) is 3.27. The van der Waals surface area contributed by atoms with Crippen LogP contribution in [0.3, 0.4) is 0 Å². The van der Waals surface area contributed by atoms with E-state index in [2.05, 4.69) is 28.2 Å². The monoisotopic (exact) mass is 271 g/mol. The third kappa shape index (κ3) is 2.12. The van der Waals surface area contributed by atoms with E-state index in [0.29, 0.717) is 11.7 Å². The van der Waals surface area contributed by atoms with Crippen LogP contribution in [0.5, 0.6) is 0 Å². The number of anilines is 1. The quantitative estimate of drug-likeness (QED) is 0.785. The van der Waals surface area contributed by atoms with Crippen LogP contribution in [0.1, 0.15) is 13.3 Å². The van der Waals surface area contributed by atoms with E-state index in [4.69, 9.17) is 0 Å². The lowest BCUT2D eigenvalue weighted by molar-refractivity contribution is -0.116. The first-order valence-corrected chi connectivity index (χ1v) is 6.08. The molecule has 0 saturated heterocycles. The number of hydrogen-bond acceptors (Lipinski definition) is 2. The highest BCUT2D eigenvalue weighted by molar-refractivity contribution is 9.10. The van der Waals surface area contributed by atoms with Gasteiger partial charge in [-0.05, 0) is 18.2 Å². The van der Waals surface area contributed by atoms with Crippen molar-refractivity contribution in [2.75, 3.05) is 5.32 Å². The molecule has 74 valence electrons. The highest BCUT2D eigenvalue weighted by Crippen LogP contribution is 2.36. The van der Waals surface area contributed by atoms with E-state index >= 15 is 0 Å². The van der Waals surface area contributed by atoms with Crippen LogP contribution in [0.2, 0.25) is 0 Å². The molecular formula is C10H10BrNOS. The van der Waals surface area contributed by atoms with Crippen molar-refractivity contribution in [1.29, 1.82) is 0 Å². The van der Waals surface area contributed by atoms with Crippen LogP contribution in [-0.2, 0) is 4.79 Å². The molecule has 0 spiro atoms. The first kappa shape index (κ1) is 10.1. The van der Waals surface area contributed by atoms with Gasteiger partial charge < -0.3 is 5.32 Å². The van der Waals surface area contributed by atoms with Crippen molar-refractivity contribution < 1.29 is 4.79 Å². The Labute approximate surface area is 95.6 Å². The fourth-order valence-electron chi connectivity index (χ4n) is 1.42. The minimum absolute atomic E-state index is 0.103. The number of thioether (sulfide) groups is 1. The molecule has 0 aromatic heterocycles. The molecule has 0 radical (unpaired) electrons. The van der Waals surface area contributed by atoms with Crippen LogP contribution in [-0.4, -0.2) is 11.2 Å². The van der Waals surface area contributed by atoms with E-state index < -0.39 is 0 Å². The first-order chi connectivity index (χ1) is 6.65. The third-order valence-electron chi connectivity index (χ3n) is 2.02. The van der Waals surface area contributed by atoms with Gasteiger partial charge in [-0.3, -0.25) is 4.79 Å². The number of fused-ring (bicyclic) bond motifs is 1. The molecule has 0 aliphatic carbocycles. The summed E-state index contributed by atoms with van der Waals surface area (Å²) in [7, 11) is 0. The second kappa shape index (κ2) is 3.95. The summed E-state index contributed by atoms with van der Waals surface area (Å²) < 4.78 is 1.05. The highest BCUT2D eigenvalue weighted by Gasteiger charge is 2.18. The molecule has 1 amide bonds. The van der Waals surface area contributed by atoms with Gasteiger partial charge in [0.1, 0.15) is 0 Å². The Hall–Kier alpha value is -0.480. The Kier molecular flexibility index (Phi) is 2.83. The van der Waals surface area contributed by atoms with Gasteiger partial charge >= 0.3 is 0 Å². The number of benzene rings is 1. The van der Waals surface area contributed by atoms with Gasteiger partial charge in [-0.25, -0.2) is 0 Å². The zero-order valence-corrected chi connectivity index (χ0v) is 10.1. The number of hydrogen-bond donors (Lipinski definition) is 1. The summed E-state index contributed by atoms with van der Waals surface area (Å²) in [6.07, 6.45) is 0.580. The Morgan fingerprint density at radius 1 is 1.57 bits per heavy atom. The van der Waals surface area contributed by atoms with Crippen LogP contribution in [0.25, 0.3) is 0 Å². The Morgan fingerprint density at radius 2 is 2.36 bits per heavy atom. The molecule has 1 aromatic rings. The van der Waals surface area contributed by atoms with Gasteiger partial charge in [0.15, 0.2) is 0 Å². The van der Waals surface area contributed by atoms with Gasteiger partial charge in [0.25, 0.3) is 0 Å². The summed E-state index contributed by atoms with van der Waals surface area (Å²) in [5, 5.41) is 3.24. The van der Waals surface area contributed by atoms with Crippen molar-refractivity contribution in [3.63, 3.8) is 0 Å². The number of nitrogens with one attached hydrogen (secondary N) is 1. The molecule has 1 aliphatic rings. The number of halogens is 1. The lowest BCUT2D eigenvalue weighted by Gasteiger charge is -2.06. The van der Waals surface area contributed by atoms with E-state index in [0.717, 1.165) is 15.1 Å². The normalized spacial score (nSPS) is 21.0. The highest BCUT2D eigenvalue weighted by atomic mass is 79.9. The van der Waals surface area contributed by atoms with Crippen LogP contribution in [0.15, 0.2) is 27.6 Å². The van der Waals surface area contributed by atoms with Gasteiger partial charge in [-0.2, -0.15) is 0 Å². The molecule has 2 rings (SSSR count). The van der Waals surface area contributed by atoms with Crippen LogP contribution >= 0.6 is 27.7 Å². The minimum Gasteiger partial charge on any atom is -0.325 e. The molecule has 2 nitrogen and oxygen atoms in total. The van der Waals surface area contributed by atoms with E-state index in [1.54, 1.807) is 11.8 Å². The van der Waals surface area contributed by atoms with Crippen molar-refractivity contribution in [3.05, 3.63) is 22.7 Å². The summed E-state index contributed by atoms with van der Waals surface area (Å²) in [5.41, 5.74) is 0.924. The average Bonchev–Trinajstić information content (AvgIpc) is 2.21. The summed E-state index contributed by atoms with van der Waals surface area (Å²) in [4.78, 5) is 12.5. The zero-order valence-electron chi connectivity index (χ0n) is 7.71. The largest absolute Gasteiger partial charge is 0.325 e. The van der Waals surface area contributed by atoms with Gasteiger partial charge in [0, 0.05) is 21.0 Å². The lowest BCUT2D eigenvalue weighted by Crippen LogP contribution is -2.13. The maximum Gasteiger partial charge on any atom is 0.225 e. The molecule has 1 heterocycles. The maximum absolute atomic E-state index is 11.4. The van der Waals surface area contributed by atoms with Crippen LogP contribution < -0.4 is 5.32 Å². The lowest BCUT2D eigenvalue weighted by atomic mass is 10.3. The Morgan fingerprint density at radius 3 is 3.14 bits per heavy atom. The number of carbonyl (C=O) groups is 1. The van der Waals surface area contributed by atoms with Gasteiger partial charge in [0.2, 0.25) is 5.91 Å². The third-order valence-corrected chi connectivity index (χ3v) is 3.67. The summed E-state index contributed by atoms with van der Waals surface area (Å²) in [6.45, 7) is 2.07. The fourth-order valence-corrected chi connectivity index (χ4v) is 3.04. The van der Waals surface area contributed by atoms with E-state index in [-0.39, 0.29) is 5.91 Å². The molecule has 0 fully saturated rings. The second-order valence-electron chi connectivity index (χ2n) is 3.32. The smallest absolute Gasteiger partial charge is 0.225 e. The molecule has 1 N–H and O–H groups in total. The van der Waals surface area contributed by atoms with Crippen molar-refractivity contribution in [2.24, 2.45) is 0 Å². The number of amides is 1. The van der Waals surface area contributed by atoms with Crippen molar-refractivity contribution in [2.45, 2.75) is 23.5 Å². The van der Waals surface area contributed by atoms with Gasteiger partial charge in [-0.1, -0.05) is 22.9 Å². The van der Waals surface area contributed by atoms with Gasteiger partial charge in [0.05, 0.1) is 5.69 Å². The van der Waals surface area contributed by atoms with Crippen molar-refractivity contribution in [1.82, 2.24) is 0 Å². The fraction of sp³-hybridized carbons (Fsp3) is 0.300. The summed E-state index contributed by atoms with van der Waals surface area (Å²) in [6, 6.07) is 5.92. The molecule has 1 unspecified atom stereocenters. The molecular weight excluding hydrogens is 262 g/mol. The maximum atomic E-state index is 11.4. The minimum atomic E-state index is 0.103. The molecule has 0 saturated carbocycles. The SMILES string of the molecule is CC1CC(=O)Nc2ccc(Br)cc2S1. The van der Waals surface area contributed by atoms with Crippen molar-refractivity contribution in [3.8, 4) is 0 Å². The summed E-state index contributed by atoms with van der Waals surface area (Å²) >= 11 is 5.16. The van der Waals surface area contributed by atoms with E-state index in [1.807, 2.05) is 18.2 Å². The molecule has 4 heteroatoms. The molecule has 14 heavy (non-hydrogen) atoms. The first-order valence-electron chi connectivity index (χ1n) is 4.41. The van der Waals surface area contributed by atoms with E-state index in [1.165, 1.54) is 0 Å².